The summed E-state index contributed by atoms with van der Waals surface area (Å²) in [5.41, 5.74) is 2.36. The maximum absolute atomic E-state index is 13.8. The van der Waals surface area contributed by atoms with Gasteiger partial charge in [0, 0.05) is 37.2 Å². The number of hydrogen-bond acceptors (Lipinski definition) is 2. The number of rotatable bonds is 7. The van der Waals surface area contributed by atoms with Crippen LogP contribution in [0.1, 0.15) is 21.5 Å². The molecule has 7 heteroatoms. The molecule has 0 saturated carbocycles. The number of nitrogens with one attached hydrogen (secondary N) is 3. The van der Waals surface area contributed by atoms with E-state index in [0.29, 0.717) is 36.6 Å². The van der Waals surface area contributed by atoms with Gasteiger partial charge in [0.25, 0.3) is 5.91 Å². The number of hydrogen-bond donors (Lipinski definition) is 3. The van der Waals surface area contributed by atoms with Gasteiger partial charge in [-0.1, -0.05) is 28.1 Å². The Labute approximate surface area is 167 Å². The van der Waals surface area contributed by atoms with Gasteiger partial charge in [0.05, 0.1) is 0 Å². The maximum atomic E-state index is 13.8. The fraction of sp³-hybridized carbons (Fsp3) is 0.300. The highest BCUT2D eigenvalue weighted by atomic mass is 79.9. The van der Waals surface area contributed by atoms with Gasteiger partial charge in [0.2, 0.25) is 0 Å². The SMILES string of the molecule is CN=C(NCCc1cccc(C(=O)NC)c1)NCCc1cc(Br)ccc1F. The lowest BCUT2D eigenvalue weighted by Gasteiger charge is -2.12. The molecule has 144 valence electrons. The maximum Gasteiger partial charge on any atom is 0.251 e. The van der Waals surface area contributed by atoms with Crippen LogP contribution in [0, 0.1) is 5.82 Å². The van der Waals surface area contributed by atoms with E-state index in [2.05, 4.69) is 36.9 Å². The Hall–Kier alpha value is -2.41. The molecule has 0 atom stereocenters. The molecule has 0 heterocycles. The molecule has 0 fully saturated rings. The molecule has 0 aliphatic carbocycles. The third-order valence-corrected chi connectivity index (χ3v) is 4.53. The first-order valence-electron chi connectivity index (χ1n) is 8.73. The molecule has 0 bridgehead atoms. The van der Waals surface area contributed by atoms with Gasteiger partial charge in [-0.2, -0.15) is 0 Å². The lowest BCUT2D eigenvalue weighted by molar-refractivity contribution is 0.0963. The van der Waals surface area contributed by atoms with E-state index < -0.39 is 0 Å². The molecular weight excluding hydrogens is 411 g/mol. The van der Waals surface area contributed by atoms with E-state index in [0.717, 1.165) is 16.5 Å². The fourth-order valence-corrected chi connectivity index (χ4v) is 3.02. The van der Waals surface area contributed by atoms with Gasteiger partial charge in [0.1, 0.15) is 5.82 Å². The summed E-state index contributed by atoms with van der Waals surface area (Å²) in [5, 5.41) is 9.03. The van der Waals surface area contributed by atoms with Gasteiger partial charge in [0.15, 0.2) is 5.96 Å². The van der Waals surface area contributed by atoms with Crippen LogP contribution in [0.3, 0.4) is 0 Å². The quantitative estimate of drug-likeness (QED) is 0.463. The van der Waals surface area contributed by atoms with E-state index in [-0.39, 0.29) is 11.7 Å². The highest BCUT2D eigenvalue weighted by Crippen LogP contribution is 2.15. The predicted molar refractivity (Wildman–Crippen MR) is 111 cm³/mol. The van der Waals surface area contributed by atoms with Crippen LogP contribution in [0.5, 0.6) is 0 Å². The van der Waals surface area contributed by atoms with Crippen molar-refractivity contribution in [3.05, 3.63) is 69.4 Å². The van der Waals surface area contributed by atoms with Gasteiger partial charge < -0.3 is 16.0 Å². The predicted octanol–water partition coefficient (Wildman–Crippen LogP) is 2.90. The fourth-order valence-electron chi connectivity index (χ4n) is 2.61. The summed E-state index contributed by atoms with van der Waals surface area (Å²) in [4.78, 5) is 15.9. The van der Waals surface area contributed by atoms with Crippen molar-refractivity contribution >= 4 is 27.8 Å². The summed E-state index contributed by atoms with van der Waals surface area (Å²) in [6.45, 7) is 1.24. The van der Waals surface area contributed by atoms with Gasteiger partial charge in [-0.25, -0.2) is 4.39 Å². The van der Waals surface area contributed by atoms with Crippen molar-refractivity contribution in [3.8, 4) is 0 Å². The molecule has 0 radical (unpaired) electrons. The molecule has 2 aromatic carbocycles. The average Bonchev–Trinajstić information content (AvgIpc) is 2.69. The summed E-state index contributed by atoms with van der Waals surface area (Å²) < 4.78 is 14.6. The molecule has 5 nitrogen and oxygen atoms in total. The van der Waals surface area contributed by atoms with Crippen LogP contribution in [0.4, 0.5) is 4.39 Å². The number of carbonyl (C=O) groups is 1. The second-order valence-electron chi connectivity index (χ2n) is 5.94. The molecule has 0 spiro atoms. The topological polar surface area (TPSA) is 65.5 Å². The molecule has 0 saturated heterocycles. The van der Waals surface area contributed by atoms with E-state index >= 15 is 0 Å². The summed E-state index contributed by atoms with van der Waals surface area (Å²) >= 11 is 3.36. The third-order valence-electron chi connectivity index (χ3n) is 4.04. The van der Waals surface area contributed by atoms with Gasteiger partial charge in [-0.05, 0) is 54.3 Å². The highest BCUT2D eigenvalue weighted by molar-refractivity contribution is 9.10. The monoisotopic (exact) mass is 434 g/mol. The van der Waals surface area contributed by atoms with E-state index in [1.807, 2.05) is 18.2 Å². The van der Waals surface area contributed by atoms with Crippen molar-refractivity contribution in [1.82, 2.24) is 16.0 Å². The molecule has 2 rings (SSSR count). The smallest absolute Gasteiger partial charge is 0.251 e. The standard InChI is InChI=1S/C20H24BrFN4O/c1-23-19(27)16-5-3-4-14(12-16)8-10-25-20(24-2)26-11-9-15-13-17(21)6-7-18(15)22/h3-7,12-13H,8-11H2,1-2H3,(H,23,27)(H2,24,25,26). The number of amides is 1. The average molecular weight is 435 g/mol. The summed E-state index contributed by atoms with van der Waals surface area (Å²) in [7, 11) is 3.31. The Morgan fingerprint density at radius 2 is 1.85 bits per heavy atom. The number of carbonyl (C=O) groups excluding carboxylic acids is 1. The van der Waals surface area contributed by atoms with E-state index in [1.54, 1.807) is 32.3 Å². The minimum absolute atomic E-state index is 0.0953. The number of halogens is 2. The van der Waals surface area contributed by atoms with Crippen LogP contribution in [-0.2, 0) is 12.8 Å². The van der Waals surface area contributed by atoms with Crippen molar-refractivity contribution in [2.24, 2.45) is 4.99 Å². The Morgan fingerprint density at radius 3 is 2.56 bits per heavy atom. The Morgan fingerprint density at radius 1 is 1.11 bits per heavy atom. The summed E-state index contributed by atoms with van der Waals surface area (Å²) in [6.07, 6.45) is 1.31. The van der Waals surface area contributed by atoms with Crippen molar-refractivity contribution in [2.75, 3.05) is 27.2 Å². The Bertz CT molecular complexity index is 810. The van der Waals surface area contributed by atoms with Crippen LogP contribution in [0.2, 0.25) is 0 Å². The van der Waals surface area contributed by atoms with Crippen LogP contribution < -0.4 is 16.0 Å². The first kappa shape index (κ1) is 20.9. The third kappa shape index (κ3) is 6.67. The van der Waals surface area contributed by atoms with Crippen LogP contribution in [0.25, 0.3) is 0 Å². The van der Waals surface area contributed by atoms with E-state index in [4.69, 9.17) is 0 Å². The number of nitrogens with zero attached hydrogens (tertiary/aromatic N) is 1. The minimum Gasteiger partial charge on any atom is -0.356 e. The van der Waals surface area contributed by atoms with Crippen molar-refractivity contribution in [1.29, 1.82) is 0 Å². The zero-order chi connectivity index (χ0) is 19.6. The van der Waals surface area contributed by atoms with Crippen LogP contribution in [-0.4, -0.2) is 39.1 Å². The summed E-state index contributed by atoms with van der Waals surface area (Å²) in [5.74, 6) is 0.355. The highest BCUT2D eigenvalue weighted by Gasteiger charge is 2.05. The zero-order valence-electron chi connectivity index (χ0n) is 15.5. The Kier molecular flexibility index (Phi) is 8.26. The molecule has 0 aliphatic heterocycles. The number of guanidine groups is 1. The van der Waals surface area contributed by atoms with Crippen molar-refractivity contribution in [2.45, 2.75) is 12.8 Å². The first-order chi connectivity index (χ1) is 13.0. The molecular formula is C20H24BrFN4O. The van der Waals surface area contributed by atoms with Gasteiger partial charge in [-0.15, -0.1) is 0 Å². The lowest BCUT2D eigenvalue weighted by atomic mass is 10.1. The normalized spacial score (nSPS) is 11.2. The van der Waals surface area contributed by atoms with E-state index in [9.17, 15) is 9.18 Å². The minimum atomic E-state index is -0.209. The van der Waals surface area contributed by atoms with Crippen LogP contribution in [0.15, 0.2) is 51.9 Å². The second-order valence-corrected chi connectivity index (χ2v) is 6.86. The lowest BCUT2D eigenvalue weighted by Crippen LogP contribution is -2.39. The molecule has 27 heavy (non-hydrogen) atoms. The molecule has 0 aliphatic rings. The van der Waals surface area contributed by atoms with Crippen molar-refractivity contribution < 1.29 is 9.18 Å². The molecule has 0 aromatic heterocycles. The number of aliphatic imine (C=N–C) groups is 1. The molecule has 2 aromatic rings. The molecule has 3 N–H and O–H groups in total. The van der Waals surface area contributed by atoms with Gasteiger partial charge in [-0.3, -0.25) is 9.79 Å². The summed E-state index contributed by atoms with van der Waals surface area (Å²) in [6, 6.07) is 12.5. The van der Waals surface area contributed by atoms with Gasteiger partial charge >= 0.3 is 0 Å². The van der Waals surface area contributed by atoms with Crippen LogP contribution >= 0.6 is 15.9 Å². The largest absolute Gasteiger partial charge is 0.356 e. The molecule has 0 unspecified atom stereocenters. The number of benzene rings is 2. The van der Waals surface area contributed by atoms with E-state index in [1.165, 1.54) is 6.07 Å². The zero-order valence-corrected chi connectivity index (χ0v) is 17.1. The van der Waals surface area contributed by atoms with Crippen molar-refractivity contribution in [3.63, 3.8) is 0 Å². The second kappa shape index (κ2) is 10.7. The Balaban J connectivity index is 1.79. The molecule has 1 amide bonds. The first-order valence-corrected chi connectivity index (χ1v) is 9.52.